The lowest BCUT2D eigenvalue weighted by molar-refractivity contribution is -0.150. The zero-order valence-corrected chi connectivity index (χ0v) is 15.1. The minimum atomic E-state index is -0.0320. The third-order valence-electron chi connectivity index (χ3n) is 5.56. The fourth-order valence-corrected chi connectivity index (χ4v) is 4.98. The molecule has 0 radical (unpaired) electrons. The first kappa shape index (κ1) is 16.8. The molecule has 4 atom stereocenters. The summed E-state index contributed by atoms with van der Waals surface area (Å²) in [5.74, 6) is 0.241. The summed E-state index contributed by atoms with van der Waals surface area (Å²) in [7, 11) is 1.53. The molecule has 2 bridgehead atoms. The summed E-state index contributed by atoms with van der Waals surface area (Å²) in [6, 6.07) is 9.75. The third-order valence-corrected chi connectivity index (χ3v) is 6.31. The topological polar surface area (TPSA) is 29.5 Å². The van der Waals surface area contributed by atoms with Gasteiger partial charge in [-0.1, -0.05) is 19.1 Å². The van der Waals surface area contributed by atoms with Crippen LogP contribution in [0.4, 0.5) is 0 Å². The van der Waals surface area contributed by atoms with Crippen LogP contribution in [0.3, 0.4) is 0 Å². The van der Waals surface area contributed by atoms with Gasteiger partial charge in [-0.15, -0.1) is 11.8 Å². The largest absolute Gasteiger partial charge is 0.469 e. The zero-order chi connectivity index (χ0) is 16.4. The molecule has 1 aromatic rings. The highest BCUT2D eigenvalue weighted by molar-refractivity contribution is 7.98. The van der Waals surface area contributed by atoms with Crippen molar-refractivity contribution in [3.8, 4) is 0 Å². The predicted molar refractivity (Wildman–Crippen MR) is 94.9 cm³/mol. The molecule has 2 unspecified atom stereocenters. The van der Waals surface area contributed by atoms with E-state index in [0.29, 0.717) is 18.0 Å². The molecule has 23 heavy (non-hydrogen) atoms. The van der Waals surface area contributed by atoms with Gasteiger partial charge in [0.25, 0.3) is 0 Å². The summed E-state index contributed by atoms with van der Waals surface area (Å²) in [6.07, 6.45) is 6.67. The van der Waals surface area contributed by atoms with Crippen molar-refractivity contribution in [1.82, 2.24) is 4.90 Å². The molecular weight excluding hydrogens is 306 g/mol. The molecule has 126 valence electrons. The van der Waals surface area contributed by atoms with Crippen LogP contribution in [-0.4, -0.2) is 42.9 Å². The number of esters is 1. The highest BCUT2D eigenvalue weighted by Crippen LogP contribution is 2.47. The van der Waals surface area contributed by atoms with Gasteiger partial charge in [0.15, 0.2) is 0 Å². The van der Waals surface area contributed by atoms with Gasteiger partial charge in [-0.25, -0.2) is 0 Å². The second-order valence-corrected chi connectivity index (χ2v) is 7.58. The predicted octanol–water partition coefficient (Wildman–Crippen LogP) is 3.93. The molecule has 2 aliphatic heterocycles. The number of rotatable bonds is 5. The Balaban J connectivity index is 1.90. The Morgan fingerprint density at radius 1 is 1.30 bits per heavy atom. The SMILES string of the molecule is CCCN1C2CCC1[C@@H](C(=O)OC)[C@@H](c1ccc(SC)cc1)C2. The van der Waals surface area contributed by atoms with Crippen LogP contribution in [0.15, 0.2) is 29.2 Å². The summed E-state index contributed by atoms with van der Waals surface area (Å²) >= 11 is 1.76. The second kappa shape index (κ2) is 7.27. The molecular formula is C19H27NO2S. The molecule has 0 amide bonds. The van der Waals surface area contributed by atoms with Crippen LogP contribution in [0.2, 0.25) is 0 Å². The van der Waals surface area contributed by atoms with Gasteiger partial charge in [-0.3, -0.25) is 9.69 Å². The van der Waals surface area contributed by atoms with Crippen molar-refractivity contribution in [1.29, 1.82) is 0 Å². The quantitative estimate of drug-likeness (QED) is 0.603. The van der Waals surface area contributed by atoms with Gasteiger partial charge in [0.1, 0.15) is 0 Å². The highest BCUT2D eigenvalue weighted by Gasteiger charge is 2.50. The van der Waals surface area contributed by atoms with Crippen LogP contribution >= 0.6 is 11.8 Å². The first-order valence-corrected chi connectivity index (χ1v) is 9.89. The molecule has 2 aliphatic rings. The van der Waals surface area contributed by atoms with E-state index in [1.165, 1.54) is 24.0 Å². The molecule has 3 nitrogen and oxygen atoms in total. The second-order valence-electron chi connectivity index (χ2n) is 6.70. The number of carbonyl (C=O) groups is 1. The number of hydrogen-bond acceptors (Lipinski definition) is 4. The van der Waals surface area contributed by atoms with Crippen molar-refractivity contribution in [2.45, 2.75) is 55.5 Å². The van der Waals surface area contributed by atoms with Gasteiger partial charge >= 0.3 is 5.97 Å². The Bertz CT molecular complexity index is 545. The zero-order valence-electron chi connectivity index (χ0n) is 14.3. The van der Waals surface area contributed by atoms with Crippen molar-refractivity contribution >= 4 is 17.7 Å². The van der Waals surface area contributed by atoms with Crippen molar-refractivity contribution in [2.24, 2.45) is 5.92 Å². The Morgan fingerprint density at radius 2 is 2.04 bits per heavy atom. The molecule has 0 aliphatic carbocycles. The molecule has 1 aromatic carbocycles. The first-order chi connectivity index (χ1) is 11.2. The van der Waals surface area contributed by atoms with E-state index < -0.39 is 0 Å². The van der Waals surface area contributed by atoms with E-state index in [1.807, 2.05) is 0 Å². The smallest absolute Gasteiger partial charge is 0.310 e. The van der Waals surface area contributed by atoms with Crippen LogP contribution in [0.1, 0.15) is 44.1 Å². The van der Waals surface area contributed by atoms with E-state index in [4.69, 9.17) is 4.74 Å². The highest BCUT2D eigenvalue weighted by atomic mass is 32.2. The van der Waals surface area contributed by atoms with Crippen LogP contribution in [-0.2, 0) is 9.53 Å². The fourth-order valence-electron chi connectivity index (χ4n) is 4.57. The third kappa shape index (κ3) is 3.16. The van der Waals surface area contributed by atoms with Gasteiger partial charge in [0, 0.05) is 22.9 Å². The molecule has 0 spiro atoms. The number of fused-ring (bicyclic) bond motifs is 2. The van der Waals surface area contributed by atoms with E-state index in [2.05, 4.69) is 42.3 Å². The van der Waals surface area contributed by atoms with Gasteiger partial charge < -0.3 is 4.74 Å². The Kier molecular flexibility index (Phi) is 5.32. The lowest BCUT2D eigenvalue weighted by Gasteiger charge is -2.43. The van der Waals surface area contributed by atoms with Crippen molar-refractivity contribution in [3.05, 3.63) is 29.8 Å². The number of piperidine rings is 1. The lowest BCUT2D eigenvalue weighted by atomic mass is 9.76. The molecule has 0 saturated carbocycles. The van der Waals surface area contributed by atoms with Gasteiger partial charge in [-0.2, -0.15) is 0 Å². The molecule has 2 saturated heterocycles. The summed E-state index contributed by atoms with van der Waals surface area (Å²) in [5.41, 5.74) is 1.30. The number of hydrogen-bond donors (Lipinski definition) is 0. The van der Waals surface area contributed by atoms with E-state index >= 15 is 0 Å². The van der Waals surface area contributed by atoms with Crippen molar-refractivity contribution < 1.29 is 9.53 Å². The number of nitrogens with zero attached hydrogens (tertiary/aromatic N) is 1. The average Bonchev–Trinajstić information content (AvgIpc) is 2.86. The van der Waals surface area contributed by atoms with E-state index in [-0.39, 0.29) is 11.9 Å². The minimum Gasteiger partial charge on any atom is -0.469 e. The number of methoxy groups -OCH3 is 1. The van der Waals surface area contributed by atoms with E-state index in [9.17, 15) is 4.79 Å². The van der Waals surface area contributed by atoms with E-state index in [0.717, 1.165) is 25.8 Å². The molecule has 3 rings (SSSR count). The number of ether oxygens (including phenoxy) is 1. The number of benzene rings is 1. The van der Waals surface area contributed by atoms with Crippen LogP contribution in [0.25, 0.3) is 0 Å². The maximum absolute atomic E-state index is 12.6. The fraction of sp³-hybridized carbons (Fsp3) is 0.632. The Labute approximate surface area is 143 Å². The Morgan fingerprint density at radius 3 is 2.65 bits per heavy atom. The summed E-state index contributed by atoms with van der Waals surface area (Å²) in [4.78, 5) is 16.4. The summed E-state index contributed by atoms with van der Waals surface area (Å²) in [5, 5.41) is 0. The number of carbonyl (C=O) groups excluding carboxylic acids is 1. The summed E-state index contributed by atoms with van der Waals surface area (Å²) in [6.45, 7) is 3.32. The van der Waals surface area contributed by atoms with Crippen molar-refractivity contribution in [2.75, 3.05) is 19.9 Å². The maximum atomic E-state index is 12.6. The first-order valence-electron chi connectivity index (χ1n) is 8.67. The van der Waals surface area contributed by atoms with Crippen molar-refractivity contribution in [3.63, 3.8) is 0 Å². The summed E-state index contributed by atoms with van der Waals surface area (Å²) < 4.78 is 5.19. The van der Waals surface area contributed by atoms with Crippen LogP contribution < -0.4 is 0 Å². The van der Waals surface area contributed by atoms with E-state index in [1.54, 1.807) is 11.8 Å². The molecule has 0 aromatic heterocycles. The number of thioether (sulfide) groups is 1. The van der Waals surface area contributed by atoms with Gasteiger partial charge in [0.2, 0.25) is 0 Å². The monoisotopic (exact) mass is 333 g/mol. The molecule has 2 heterocycles. The van der Waals surface area contributed by atoms with Gasteiger partial charge in [-0.05, 0) is 56.2 Å². The molecule has 0 N–H and O–H groups in total. The molecule has 2 fully saturated rings. The normalized spacial score (nSPS) is 30.4. The Hall–Kier alpha value is -1.00. The van der Waals surface area contributed by atoms with Gasteiger partial charge in [0.05, 0.1) is 13.0 Å². The minimum absolute atomic E-state index is 0.0228. The standard InChI is InChI=1S/C19H27NO2S/c1-4-11-20-14-7-10-17(20)18(19(21)22-2)16(12-14)13-5-8-15(23-3)9-6-13/h5-6,8-9,14,16-18H,4,7,10-12H2,1-3H3/t14?,16-,17?,18+/m1/s1. The maximum Gasteiger partial charge on any atom is 0.310 e. The van der Waals surface area contributed by atoms with Crippen LogP contribution in [0, 0.1) is 5.92 Å². The molecule has 4 heteroatoms. The van der Waals surface area contributed by atoms with Crippen LogP contribution in [0.5, 0.6) is 0 Å². The lowest BCUT2D eigenvalue weighted by Crippen LogP contribution is -2.51. The average molecular weight is 333 g/mol.